The van der Waals surface area contributed by atoms with E-state index in [1.165, 1.54) is 25.3 Å². The molecule has 8 nitrogen and oxygen atoms in total. The third-order valence-corrected chi connectivity index (χ3v) is 3.42. The number of alkyl halides is 3. The molecule has 2 aromatic rings. The zero-order valence-corrected chi connectivity index (χ0v) is 14.3. The maximum absolute atomic E-state index is 12.7. The van der Waals surface area contributed by atoms with Crippen molar-refractivity contribution in [1.82, 2.24) is 0 Å². The molecule has 0 bridgehead atoms. The average molecular weight is 398 g/mol. The zero-order valence-electron chi connectivity index (χ0n) is 14.3. The van der Waals surface area contributed by atoms with Gasteiger partial charge in [0, 0.05) is 11.8 Å². The molecule has 11 heteroatoms. The van der Waals surface area contributed by atoms with Crippen LogP contribution in [-0.2, 0) is 15.7 Å². The lowest BCUT2D eigenvalue weighted by molar-refractivity contribution is -0.385. The molecule has 0 aromatic heterocycles. The largest absolute Gasteiger partial charge is 0.490 e. The smallest absolute Gasteiger partial charge is 0.416 e. The van der Waals surface area contributed by atoms with E-state index in [2.05, 4.69) is 5.32 Å². The van der Waals surface area contributed by atoms with Crippen LogP contribution in [0.4, 0.5) is 24.5 Å². The Kier molecular flexibility index (Phi) is 6.18. The highest BCUT2D eigenvalue weighted by atomic mass is 19.4. The third-order valence-electron chi connectivity index (χ3n) is 3.42. The van der Waals surface area contributed by atoms with Gasteiger partial charge in [-0.1, -0.05) is 6.07 Å². The van der Waals surface area contributed by atoms with E-state index in [0.717, 1.165) is 24.3 Å². The van der Waals surface area contributed by atoms with Gasteiger partial charge in [0.15, 0.2) is 12.4 Å². The van der Waals surface area contributed by atoms with Crippen LogP contribution in [0.1, 0.15) is 15.9 Å². The molecular weight excluding hydrogens is 385 g/mol. The molecule has 1 N–H and O–H groups in total. The van der Waals surface area contributed by atoms with E-state index >= 15 is 0 Å². The summed E-state index contributed by atoms with van der Waals surface area (Å²) in [6.45, 7) is -0.797. The lowest BCUT2D eigenvalue weighted by atomic mass is 10.2. The van der Waals surface area contributed by atoms with Gasteiger partial charge in [-0.05, 0) is 30.3 Å². The average Bonchev–Trinajstić information content (AvgIpc) is 2.65. The highest BCUT2D eigenvalue weighted by molar-refractivity contribution is 5.96. The van der Waals surface area contributed by atoms with Gasteiger partial charge in [0.25, 0.3) is 5.91 Å². The van der Waals surface area contributed by atoms with Crippen LogP contribution in [-0.4, -0.2) is 30.5 Å². The van der Waals surface area contributed by atoms with Crippen molar-refractivity contribution < 1.29 is 37.2 Å². The predicted octanol–water partition coefficient (Wildman–Crippen LogP) is 3.42. The van der Waals surface area contributed by atoms with Gasteiger partial charge in [-0.25, -0.2) is 4.79 Å². The first-order valence-electron chi connectivity index (χ1n) is 7.58. The number of rotatable bonds is 6. The van der Waals surface area contributed by atoms with Crippen LogP contribution in [0.25, 0.3) is 0 Å². The lowest BCUT2D eigenvalue weighted by Crippen LogP contribution is -2.21. The minimum atomic E-state index is -4.57. The summed E-state index contributed by atoms with van der Waals surface area (Å²) in [5.74, 6) is -1.97. The van der Waals surface area contributed by atoms with Gasteiger partial charge in [0.2, 0.25) is 0 Å². The molecule has 0 saturated carbocycles. The topological polar surface area (TPSA) is 108 Å². The number of carbonyl (C=O) groups excluding carboxylic acids is 2. The Hall–Kier alpha value is -3.63. The van der Waals surface area contributed by atoms with Crippen LogP contribution in [0.3, 0.4) is 0 Å². The van der Waals surface area contributed by atoms with Gasteiger partial charge in [-0.3, -0.25) is 14.9 Å². The van der Waals surface area contributed by atoms with Crippen LogP contribution in [0.2, 0.25) is 0 Å². The number of nitrogens with zero attached hydrogens (tertiary/aromatic N) is 1. The van der Waals surface area contributed by atoms with Crippen molar-refractivity contribution in [3.05, 3.63) is 63.7 Å². The van der Waals surface area contributed by atoms with Crippen LogP contribution in [0.15, 0.2) is 42.5 Å². The van der Waals surface area contributed by atoms with Crippen LogP contribution < -0.4 is 10.1 Å². The summed E-state index contributed by atoms with van der Waals surface area (Å²) in [6.07, 6.45) is -4.57. The van der Waals surface area contributed by atoms with E-state index in [9.17, 15) is 32.9 Å². The number of hydrogen-bond donors (Lipinski definition) is 1. The number of nitro groups is 1. The van der Waals surface area contributed by atoms with E-state index in [0.29, 0.717) is 0 Å². The second-order valence-electron chi connectivity index (χ2n) is 5.35. The molecule has 0 heterocycles. The quantitative estimate of drug-likeness (QED) is 0.454. The first kappa shape index (κ1) is 20.7. The van der Waals surface area contributed by atoms with E-state index < -0.39 is 40.8 Å². The van der Waals surface area contributed by atoms with E-state index in [4.69, 9.17) is 9.47 Å². The number of anilines is 1. The second kappa shape index (κ2) is 8.37. The molecule has 1 amide bonds. The Morgan fingerprint density at radius 3 is 2.50 bits per heavy atom. The zero-order chi connectivity index (χ0) is 20.9. The number of nitro benzene ring substituents is 1. The molecule has 0 unspecified atom stereocenters. The van der Waals surface area contributed by atoms with Crippen molar-refractivity contribution >= 4 is 23.3 Å². The SMILES string of the molecule is COc1ccc(C(=O)OCC(=O)Nc2cccc(C(F)(F)F)c2)cc1[N+](=O)[O-]. The molecular formula is C17H13F3N2O6. The molecule has 148 valence electrons. The van der Waals surface area contributed by atoms with Crippen molar-refractivity contribution in [2.75, 3.05) is 19.0 Å². The minimum absolute atomic E-state index is 0.0659. The Bertz CT molecular complexity index is 914. The van der Waals surface area contributed by atoms with E-state index in [1.807, 2.05) is 0 Å². The summed E-state index contributed by atoms with van der Waals surface area (Å²) in [6, 6.07) is 7.24. The molecule has 0 atom stereocenters. The van der Waals surface area contributed by atoms with Gasteiger partial charge < -0.3 is 14.8 Å². The fourth-order valence-corrected chi connectivity index (χ4v) is 2.14. The molecule has 0 aliphatic heterocycles. The molecule has 0 saturated heterocycles. The maximum atomic E-state index is 12.7. The van der Waals surface area contributed by atoms with Crippen LogP contribution >= 0.6 is 0 Å². The van der Waals surface area contributed by atoms with Crippen LogP contribution in [0, 0.1) is 10.1 Å². The number of halogens is 3. The Morgan fingerprint density at radius 1 is 1.18 bits per heavy atom. The first-order valence-corrected chi connectivity index (χ1v) is 7.58. The fourth-order valence-electron chi connectivity index (χ4n) is 2.14. The third kappa shape index (κ3) is 5.19. The molecule has 28 heavy (non-hydrogen) atoms. The van der Waals surface area contributed by atoms with Gasteiger partial charge in [-0.15, -0.1) is 0 Å². The van der Waals surface area contributed by atoms with Gasteiger partial charge in [-0.2, -0.15) is 13.2 Å². The lowest BCUT2D eigenvalue weighted by Gasteiger charge is -2.10. The number of amides is 1. The summed E-state index contributed by atoms with van der Waals surface area (Å²) in [5.41, 5.74) is -1.74. The molecule has 0 aliphatic carbocycles. The van der Waals surface area contributed by atoms with E-state index in [-0.39, 0.29) is 17.0 Å². The number of carbonyl (C=O) groups is 2. The number of hydrogen-bond acceptors (Lipinski definition) is 6. The van der Waals surface area contributed by atoms with Crippen LogP contribution in [0.5, 0.6) is 5.75 Å². The summed E-state index contributed by atoms with van der Waals surface area (Å²) in [5, 5.41) is 13.1. The number of ether oxygens (including phenoxy) is 2. The number of methoxy groups -OCH3 is 1. The molecule has 2 aromatic carbocycles. The van der Waals surface area contributed by atoms with Crippen molar-refractivity contribution in [1.29, 1.82) is 0 Å². The molecule has 0 radical (unpaired) electrons. The summed E-state index contributed by atoms with van der Waals surface area (Å²) < 4.78 is 47.5. The Morgan fingerprint density at radius 2 is 1.89 bits per heavy atom. The highest BCUT2D eigenvalue weighted by Gasteiger charge is 2.30. The molecule has 0 spiro atoms. The van der Waals surface area contributed by atoms with Gasteiger partial charge in [0.1, 0.15) is 0 Å². The fraction of sp³-hybridized carbons (Fsp3) is 0.176. The molecule has 0 fully saturated rings. The van der Waals surface area contributed by atoms with Gasteiger partial charge >= 0.3 is 17.8 Å². The van der Waals surface area contributed by atoms with Crippen molar-refractivity contribution in [3.8, 4) is 5.75 Å². The normalized spacial score (nSPS) is 10.9. The summed E-state index contributed by atoms with van der Waals surface area (Å²) in [7, 11) is 1.22. The monoisotopic (exact) mass is 398 g/mol. The molecule has 0 aliphatic rings. The minimum Gasteiger partial charge on any atom is -0.490 e. The first-order chi connectivity index (χ1) is 13.1. The highest BCUT2D eigenvalue weighted by Crippen LogP contribution is 2.30. The van der Waals surface area contributed by atoms with Gasteiger partial charge in [0.05, 0.1) is 23.2 Å². The van der Waals surface area contributed by atoms with E-state index in [1.54, 1.807) is 0 Å². The number of nitrogens with one attached hydrogen (secondary N) is 1. The maximum Gasteiger partial charge on any atom is 0.416 e. The standard InChI is InChI=1S/C17H13F3N2O6/c1-27-14-6-5-10(7-13(14)22(25)26)16(24)28-9-15(23)21-12-4-2-3-11(8-12)17(18,19)20/h2-8H,9H2,1H3,(H,21,23). The molecule has 2 rings (SSSR count). The van der Waals surface area contributed by atoms with Crippen molar-refractivity contribution in [3.63, 3.8) is 0 Å². The Balaban J connectivity index is 2.00. The number of benzene rings is 2. The van der Waals surface area contributed by atoms with Crippen molar-refractivity contribution in [2.24, 2.45) is 0 Å². The summed E-state index contributed by atoms with van der Waals surface area (Å²) in [4.78, 5) is 33.9. The number of esters is 1. The summed E-state index contributed by atoms with van der Waals surface area (Å²) >= 11 is 0. The van der Waals surface area contributed by atoms with Crippen molar-refractivity contribution in [2.45, 2.75) is 6.18 Å². The predicted molar refractivity (Wildman–Crippen MR) is 90.0 cm³/mol. The second-order valence-corrected chi connectivity index (χ2v) is 5.35. The Labute approximate surface area is 156 Å².